The minimum absolute atomic E-state index is 0.0189. The first-order valence-electron chi connectivity index (χ1n) is 15.6. The van der Waals surface area contributed by atoms with E-state index in [-0.39, 0.29) is 43.3 Å². The second kappa shape index (κ2) is 11.4. The van der Waals surface area contributed by atoms with Gasteiger partial charge in [0, 0.05) is 42.2 Å². The van der Waals surface area contributed by atoms with Crippen molar-refractivity contribution in [2.45, 2.75) is 88.4 Å². The zero-order chi connectivity index (χ0) is 30.5. The third kappa shape index (κ3) is 5.11. The number of benzene rings is 2. The first-order chi connectivity index (χ1) is 20.6. The molecule has 6 rings (SSSR count). The smallest absolute Gasteiger partial charge is 0.264 e. The van der Waals surface area contributed by atoms with E-state index in [1.165, 1.54) is 0 Å². The molecule has 1 N–H and O–H groups in total. The molecule has 3 fully saturated rings. The molecule has 3 saturated heterocycles. The summed E-state index contributed by atoms with van der Waals surface area (Å²) in [6.07, 6.45) is 3.20. The van der Waals surface area contributed by atoms with Gasteiger partial charge in [-0.3, -0.25) is 14.4 Å². The molecule has 5 atom stereocenters. The summed E-state index contributed by atoms with van der Waals surface area (Å²) in [7, 11) is -3.41. The number of halogens is 1. The summed E-state index contributed by atoms with van der Waals surface area (Å²) in [6.45, 7) is 6.60. The van der Waals surface area contributed by atoms with Crippen molar-refractivity contribution in [3.63, 3.8) is 0 Å². The Bertz CT molecular complexity index is 1410. The molecule has 0 unspecified atom stereocenters. The second-order valence-electron chi connectivity index (χ2n) is 13.1. The van der Waals surface area contributed by atoms with Crippen molar-refractivity contribution >= 4 is 37.5 Å². The fourth-order valence-electron chi connectivity index (χ4n) is 8.09. The van der Waals surface area contributed by atoms with E-state index in [9.17, 15) is 19.5 Å². The molecular weight excluding hydrogens is 565 g/mol. The number of carbonyl (C=O) groups excluding carboxylic acids is 3. The summed E-state index contributed by atoms with van der Waals surface area (Å²) in [5.74, 6) is -0.774. The quantitative estimate of drug-likeness (QED) is 0.357. The molecule has 230 valence electrons. The maximum atomic E-state index is 16.1. The molecule has 2 aromatic rings. The van der Waals surface area contributed by atoms with Crippen molar-refractivity contribution in [3.8, 4) is 0 Å². The minimum atomic E-state index is -3.41. The number of likely N-dealkylation sites (tertiary alicyclic amines) is 1. The number of amides is 3. The molecule has 0 aliphatic carbocycles. The summed E-state index contributed by atoms with van der Waals surface area (Å²) in [6, 6.07) is 15.1. The van der Waals surface area contributed by atoms with E-state index >= 15 is 4.11 Å². The highest BCUT2D eigenvalue weighted by Gasteiger charge is 2.67. The highest BCUT2D eigenvalue weighted by Crippen LogP contribution is 2.60. The van der Waals surface area contributed by atoms with Gasteiger partial charge in [0.25, 0.3) is 5.91 Å². The van der Waals surface area contributed by atoms with E-state index in [1.807, 2.05) is 60.4 Å². The molecule has 1 spiro atoms. The average Bonchev–Trinajstić information content (AvgIpc) is 3.64. The third-order valence-corrected chi connectivity index (χ3v) is 12.5. The van der Waals surface area contributed by atoms with E-state index in [0.717, 1.165) is 42.6 Å². The van der Waals surface area contributed by atoms with Gasteiger partial charge < -0.3 is 28.7 Å². The summed E-state index contributed by atoms with van der Waals surface area (Å²) in [4.78, 5) is 45.9. The standard InChI is InChI=1S/C33H42FN3O5Si/c1-22-31(43(2,3)34)28(19-30(40)36-17-9-12-25(36)21-38)42-33(22)26-13-4-5-14-27(26)37(32(33)41)20-23-10-8-11-24(18-23)35-16-7-6-15-29(35)39/h4-5,8,10-11,13-14,18,22,25,28,31,38H,6-7,9,12,15-17,19-21H2,1-3H3/t22-,25+,28+,31-,33+/m1/s1. The molecule has 0 aromatic heterocycles. The predicted octanol–water partition coefficient (Wildman–Crippen LogP) is 4.90. The van der Waals surface area contributed by atoms with Gasteiger partial charge in [-0.05, 0) is 62.5 Å². The Morgan fingerprint density at radius 3 is 2.63 bits per heavy atom. The number of hydrogen-bond acceptors (Lipinski definition) is 5. The van der Waals surface area contributed by atoms with Gasteiger partial charge in [-0.1, -0.05) is 37.3 Å². The Labute approximate surface area is 254 Å². The molecule has 8 nitrogen and oxygen atoms in total. The molecule has 0 saturated carbocycles. The fraction of sp³-hybridized carbons (Fsp3) is 0.545. The van der Waals surface area contributed by atoms with Gasteiger partial charge in [0.05, 0.1) is 37.4 Å². The fourth-order valence-corrected chi connectivity index (χ4v) is 10.6. The number of anilines is 2. The largest absolute Gasteiger partial charge is 0.394 e. The topological polar surface area (TPSA) is 90.4 Å². The number of carbonyl (C=O) groups is 3. The molecule has 43 heavy (non-hydrogen) atoms. The lowest BCUT2D eigenvalue weighted by molar-refractivity contribution is -0.150. The van der Waals surface area contributed by atoms with Crippen LogP contribution in [0.1, 0.15) is 56.6 Å². The van der Waals surface area contributed by atoms with Gasteiger partial charge in [0.15, 0.2) is 5.60 Å². The van der Waals surface area contributed by atoms with Gasteiger partial charge in [-0.25, -0.2) is 0 Å². The molecule has 4 heterocycles. The molecule has 3 amide bonds. The van der Waals surface area contributed by atoms with Crippen molar-refractivity contribution < 1.29 is 28.3 Å². The van der Waals surface area contributed by atoms with Crippen LogP contribution in [0.15, 0.2) is 48.5 Å². The van der Waals surface area contributed by atoms with Crippen LogP contribution in [0.25, 0.3) is 0 Å². The SMILES string of the molecule is C[C@@H]1[C@@H]([Si](C)(C)F)[C@H](CC(=O)N2CCC[C@H]2CO)O[C@@]12C(=O)N(Cc1cccc(N3CCCCC3=O)c1)c1ccccc12. The summed E-state index contributed by atoms with van der Waals surface area (Å²) >= 11 is 0. The highest BCUT2D eigenvalue weighted by molar-refractivity contribution is 6.72. The summed E-state index contributed by atoms with van der Waals surface area (Å²) in [5.41, 5.74) is 1.18. The lowest BCUT2D eigenvalue weighted by atomic mass is 9.82. The Kier molecular flexibility index (Phi) is 7.98. The van der Waals surface area contributed by atoms with Crippen molar-refractivity contribution in [1.82, 2.24) is 4.90 Å². The number of aliphatic hydroxyl groups is 1. The zero-order valence-corrected chi connectivity index (χ0v) is 26.3. The van der Waals surface area contributed by atoms with Crippen LogP contribution in [0, 0.1) is 5.92 Å². The maximum absolute atomic E-state index is 16.1. The molecule has 0 radical (unpaired) electrons. The molecule has 4 aliphatic rings. The normalized spacial score (nSPS) is 29.2. The van der Waals surface area contributed by atoms with Gasteiger partial charge in [0.1, 0.15) is 0 Å². The van der Waals surface area contributed by atoms with Gasteiger partial charge >= 0.3 is 0 Å². The summed E-state index contributed by atoms with van der Waals surface area (Å²) < 4.78 is 22.9. The molecule has 4 aliphatic heterocycles. The number of rotatable bonds is 7. The van der Waals surface area contributed by atoms with Crippen LogP contribution in [0.5, 0.6) is 0 Å². The number of fused-ring (bicyclic) bond motifs is 2. The predicted molar refractivity (Wildman–Crippen MR) is 165 cm³/mol. The maximum Gasteiger partial charge on any atom is 0.264 e. The molecule has 2 aromatic carbocycles. The Hall–Kier alpha value is -3.08. The van der Waals surface area contributed by atoms with Crippen molar-refractivity contribution in [1.29, 1.82) is 0 Å². The first-order valence-corrected chi connectivity index (χ1v) is 18.6. The highest BCUT2D eigenvalue weighted by atomic mass is 28.4. The summed E-state index contributed by atoms with van der Waals surface area (Å²) in [5, 5.41) is 9.79. The van der Waals surface area contributed by atoms with Gasteiger partial charge in [-0.15, -0.1) is 0 Å². The van der Waals surface area contributed by atoms with E-state index in [4.69, 9.17) is 4.74 Å². The Morgan fingerprint density at radius 2 is 1.88 bits per heavy atom. The van der Waals surface area contributed by atoms with Gasteiger partial charge in [-0.2, -0.15) is 0 Å². The number of ether oxygens (including phenoxy) is 1. The van der Waals surface area contributed by atoms with Crippen LogP contribution in [0.4, 0.5) is 15.5 Å². The Morgan fingerprint density at radius 1 is 1.09 bits per heavy atom. The first kappa shape index (κ1) is 30.0. The lowest BCUT2D eigenvalue weighted by Gasteiger charge is -2.31. The molecular formula is C33H42FN3O5Si. The lowest BCUT2D eigenvalue weighted by Crippen LogP contribution is -2.45. The number of nitrogens with zero attached hydrogens (tertiary/aromatic N) is 3. The molecule has 10 heteroatoms. The number of piperidine rings is 1. The van der Waals surface area contributed by atoms with Crippen molar-refractivity contribution in [3.05, 3.63) is 59.7 Å². The van der Waals surface area contributed by atoms with Crippen LogP contribution >= 0.6 is 0 Å². The third-order valence-electron chi connectivity index (χ3n) is 10.0. The van der Waals surface area contributed by atoms with E-state index in [1.54, 1.807) is 22.9 Å². The zero-order valence-electron chi connectivity index (χ0n) is 25.3. The monoisotopic (exact) mass is 607 g/mol. The number of para-hydroxylation sites is 1. The van der Waals surface area contributed by atoms with Crippen molar-refractivity contribution in [2.24, 2.45) is 5.92 Å². The Balaban J connectivity index is 1.32. The van der Waals surface area contributed by atoms with E-state index < -0.39 is 31.6 Å². The molecule has 0 bridgehead atoms. The van der Waals surface area contributed by atoms with Crippen molar-refractivity contribution in [2.75, 3.05) is 29.5 Å². The second-order valence-corrected chi connectivity index (χ2v) is 16.9. The van der Waals surface area contributed by atoms with Crippen LogP contribution in [-0.4, -0.2) is 68.0 Å². The van der Waals surface area contributed by atoms with E-state index in [2.05, 4.69) is 0 Å². The minimum Gasteiger partial charge on any atom is -0.394 e. The van der Waals surface area contributed by atoms with E-state index in [0.29, 0.717) is 25.1 Å². The van der Waals surface area contributed by atoms with Crippen LogP contribution in [-0.2, 0) is 31.3 Å². The number of hydrogen-bond donors (Lipinski definition) is 1. The van der Waals surface area contributed by atoms with Crippen LogP contribution < -0.4 is 9.80 Å². The van der Waals surface area contributed by atoms with Crippen LogP contribution in [0.2, 0.25) is 18.6 Å². The van der Waals surface area contributed by atoms with Gasteiger partial charge in [0.2, 0.25) is 20.2 Å². The van der Waals surface area contributed by atoms with Crippen LogP contribution in [0.3, 0.4) is 0 Å². The number of aliphatic hydroxyl groups excluding tert-OH is 1. The average molecular weight is 608 g/mol.